The second kappa shape index (κ2) is 12.5. The minimum Gasteiger partial charge on any atom is -0.480 e. The Bertz CT molecular complexity index is 606. The number of carbonyl (C=O) groups excluding carboxylic acids is 3. The molecule has 10 nitrogen and oxygen atoms in total. The molecule has 0 fully saturated rings. The van der Waals surface area contributed by atoms with E-state index in [1.165, 1.54) is 6.92 Å². The van der Waals surface area contributed by atoms with Gasteiger partial charge in [0, 0.05) is 0 Å². The van der Waals surface area contributed by atoms with Crippen LogP contribution in [-0.2, 0) is 19.2 Å². The summed E-state index contributed by atoms with van der Waals surface area (Å²) in [5.41, 5.74) is 5.62. The maximum atomic E-state index is 12.8. The Morgan fingerprint density at radius 3 is 1.50 bits per heavy atom. The van der Waals surface area contributed by atoms with Crippen LogP contribution >= 0.6 is 0 Å². The SMILES string of the molecule is CC(C)CC(NC(=O)C(NC(=O)C(NC(=O)C(N)C(C)O)C(C)C)C(C)C)C(=O)O. The summed E-state index contributed by atoms with van der Waals surface area (Å²) in [5.74, 6) is -3.64. The highest BCUT2D eigenvalue weighted by atomic mass is 16.4. The van der Waals surface area contributed by atoms with Crippen molar-refractivity contribution in [3.05, 3.63) is 0 Å². The molecule has 0 rings (SSSR count). The molecule has 0 radical (unpaired) electrons. The van der Waals surface area contributed by atoms with E-state index in [0.717, 1.165) is 0 Å². The predicted molar refractivity (Wildman–Crippen MR) is 112 cm³/mol. The average Bonchev–Trinajstić information content (AvgIpc) is 2.60. The zero-order valence-corrected chi connectivity index (χ0v) is 18.9. The molecule has 174 valence electrons. The third-order valence-corrected chi connectivity index (χ3v) is 4.64. The third kappa shape index (κ3) is 9.08. The summed E-state index contributed by atoms with van der Waals surface area (Å²) in [5, 5.41) is 26.4. The van der Waals surface area contributed by atoms with Crippen molar-refractivity contribution in [1.29, 1.82) is 0 Å². The summed E-state index contributed by atoms with van der Waals surface area (Å²) in [6.07, 6.45) is -0.842. The van der Waals surface area contributed by atoms with Crippen LogP contribution in [0.5, 0.6) is 0 Å². The molecule has 0 aromatic carbocycles. The molecule has 30 heavy (non-hydrogen) atoms. The maximum Gasteiger partial charge on any atom is 0.326 e. The Morgan fingerprint density at radius 1 is 0.767 bits per heavy atom. The Kier molecular flexibility index (Phi) is 11.6. The van der Waals surface area contributed by atoms with Crippen LogP contribution in [0.3, 0.4) is 0 Å². The molecule has 0 aromatic rings. The molecule has 0 heterocycles. The fourth-order valence-electron chi connectivity index (χ4n) is 2.74. The highest BCUT2D eigenvalue weighted by molar-refractivity contribution is 5.94. The smallest absolute Gasteiger partial charge is 0.326 e. The molecule has 0 saturated carbocycles. The average molecular weight is 431 g/mol. The van der Waals surface area contributed by atoms with Gasteiger partial charge in [-0.2, -0.15) is 0 Å². The lowest BCUT2D eigenvalue weighted by atomic mass is 9.98. The first-order chi connectivity index (χ1) is 13.7. The monoisotopic (exact) mass is 430 g/mol. The minimum absolute atomic E-state index is 0.0529. The number of hydrogen-bond donors (Lipinski definition) is 6. The highest BCUT2D eigenvalue weighted by Crippen LogP contribution is 2.10. The molecule has 0 aliphatic heterocycles. The molecular weight excluding hydrogens is 392 g/mol. The molecule has 0 aromatic heterocycles. The molecule has 0 spiro atoms. The third-order valence-electron chi connectivity index (χ3n) is 4.64. The van der Waals surface area contributed by atoms with E-state index in [1.807, 2.05) is 13.8 Å². The molecule has 10 heteroatoms. The van der Waals surface area contributed by atoms with Gasteiger partial charge in [-0.3, -0.25) is 14.4 Å². The van der Waals surface area contributed by atoms with Gasteiger partial charge in [0.2, 0.25) is 17.7 Å². The van der Waals surface area contributed by atoms with Crippen LogP contribution in [0.15, 0.2) is 0 Å². The number of nitrogens with one attached hydrogen (secondary N) is 3. The van der Waals surface area contributed by atoms with Crippen molar-refractivity contribution in [1.82, 2.24) is 16.0 Å². The number of aliphatic carboxylic acids is 1. The number of aliphatic hydroxyl groups excluding tert-OH is 1. The molecule has 0 bridgehead atoms. The number of aliphatic hydroxyl groups is 1. The van der Waals surface area contributed by atoms with Crippen molar-refractivity contribution in [2.24, 2.45) is 23.5 Å². The Labute approximate surface area is 178 Å². The molecule has 5 atom stereocenters. The van der Waals surface area contributed by atoms with Gasteiger partial charge in [0.25, 0.3) is 0 Å². The normalized spacial score (nSPS) is 16.5. The molecule has 3 amide bonds. The summed E-state index contributed by atoms with van der Waals surface area (Å²) in [6, 6.07) is -4.24. The van der Waals surface area contributed by atoms with E-state index in [-0.39, 0.29) is 24.2 Å². The fourth-order valence-corrected chi connectivity index (χ4v) is 2.74. The van der Waals surface area contributed by atoms with Gasteiger partial charge in [0.15, 0.2) is 0 Å². The Morgan fingerprint density at radius 2 is 1.17 bits per heavy atom. The van der Waals surface area contributed by atoms with Crippen LogP contribution in [0.1, 0.15) is 54.9 Å². The number of carboxylic acid groups (broad SMARTS) is 1. The molecule has 0 aliphatic rings. The van der Waals surface area contributed by atoms with Gasteiger partial charge in [-0.1, -0.05) is 41.5 Å². The van der Waals surface area contributed by atoms with Gasteiger partial charge in [0.1, 0.15) is 24.2 Å². The second-order valence-electron chi connectivity index (χ2n) is 8.76. The summed E-state index contributed by atoms with van der Waals surface area (Å²) in [7, 11) is 0. The number of carbonyl (C=O) groups is 4. The lowest BCUT2D eigenvalue weighted by molar-refractivity contribution is -0.143. The van der Waals surface area contributed by atoms with Crippen molar-refractivity contribution >= 4 is 23.7 Å². The van der Waals surface area contributed by atoms with Crippen LogP contribution < -0.4 is 21.7 Å². The topological polar surface area (TPSA) is 171 Å². The van der Waals surface area contributed by atoms with Gasteiger partial charge in [-0.05, 0) is 31.1 Å². The predicted octanol–water partition coefficient (Wildman–Crippen LogP) is -0.408. The fraction of sp³-hybridized carbons (Fsp3) is 0.800. The minimum atomic E-state index is -1.20. The van der Waals surface area contributed by atoms with Crippen molar-refractivity contribution in [3.8, 4) is 0 Å². The van der Waals surface area contributed by atoms with Gasteiger partial charge in [0.05, 0.1) is 6.10 Å². The number of hydrogen-bond acceptors (Lipinski definition) is 6. The summed E-state index contributed by atoms with van der Waals surface area (Å²) >= 11 is 0. The zero-order valence-electron chi connectivity index (χ0n) is 18.9. The maximum absolute atomic E-state index is 12.8. The van der Waals surface area contributed by atoms with Crippen molar-refractivity contribution in [3.63, 3.8) is 0 Å². The summed E-state index contributed by atoms with van der Waals surface area (Å²) in [4.78, 5) is 49.1. The van der Waals surface area contributed by atoms with Gasteiger partial charge in [-0.25, -0.2) is 4.79 Å². The first kappa shape index (κ1) is 27.8. The molecule has 7 N–H and O–H groups in total. The van der Waals surface area contributed by atoms with Crippen LogP contribution in [0.25, 0.3) is 0 Å². The molecule has 0 saturated heterocycles. The van der Waals surface area contributed by atoms with Crippen molar-refractivity contribution in [2.75, 3.05) is 0 Å². The van der Waals surface area contributed by atoms with E-state index in [1.54, 1.807) is 27.7 Å². The lowest BCUT2D eigenvalue weighted by Gasteiger charge is -2.29. The zero-order chi connectivity index (χ0) is 23.8. The van der Waals surface area contributed by atoms with E-state index >= 15 is 0 Å². The van der Waals surface area contributed by atoms with Gasteiger partial charge >= 0.3 is 5.97 Å². The number of amides is 3. The summed E-state index contributed by atoms with van der Waals surface area (Å²) < 4.78 is 0. The van der Waals surface area contributed by atoms with Crippen molar-refractivity contribution in [2.45, 2.75) is 85.2 Å². The van der Waals surface area contributed by atoms with E-state index < -0.39 is 54.0 Å². The molecule has 5 unspecified atom stereocenters. The van der Waals surface area contributed by atoms with E-state index in [0.29, 0.717) is 0 Å². The van der Waals surface area contributed by atoms with Gasteiger partial charge in [-0.15, -0.1) is 0 Å². The largest absolute Gasteiger partial charge is 0.480 e. The van der Waals surface area contributed by atoms with E-state index in [2.05, 4.69) is 16.0 Å². The first-order valence-electron chi connectivity index (χ1n) is 10.3. The number of nitrogens with two attached hydrogens (primary N) is 1. The Balaban J connectivity index is 5.37. The van der Waals surface area contributed by atoms with Gasteiger partial charge < -0.3 is 31.9 Å². The lowest BCUT2D eigenvalue weighted by Crippen LogP contribution is -2.60. The number of carboxylic acids is 1. The van der Waals surface area contributed by atoms with Crippen molar-refractivity contribution < 1.29 is 29.4 Å². The van der Waals surface area contributed by atoms with E-state index in [4.69, 9.17) is 5.73 Å². The molecular formula is C20H38N4O6. The number of rotatable bonds is 12. The van der Waals surface area contributed by atoms with E-state index in [9.17, 15) is 29.4 Å². The standard InChI is InChI=1S/C20H38N4O6/c1-9(2)8-13(20(29)30)22-18(27)15(10(3)4)24-19(28)16(11(5)6)23-17(26)14(21)12(7)25/h9-16,25H,8,21H2,1-7H3,(H,22,27)(H,23,26)(H,24,28)(H,29,30). The second-order valence-corrected chi connectivity index (χ2v) is 8.76. The Hall–Kier alpha value is -2.20. The highest BCUT2D eigenvalue weighted by Gasteiger charge is 2.33. The van der Waals surface area contributed by atoms with Crippen LogP contribution in [0, 0.1) is 17.8 Å². The summed E-state index contributed by atoms with van der Waals surface area (Å²) in [6.45, 7) is 11.9. The first-order valence-corrected chi connectivity index (χ1v) is 10.3. The van der Waals surface area contributed by atoms with Crippen LogP contribution in [0.2, 0.25) is 0 Å². The quantitative estimate of drug-likeness (QED) is 0.244. The molecule has 0 aliphatic carbocycles. The van der Waals surface area contributed by atoms with Crippen LogP contribution in [-0.4, -0.2) is 64.2 Å². The van der Waals surface area contributed by atoms with Crippen LogP contribution in [0.4, 0.5) is 0 Å².